The maximum atomic E-state index is 12.0. The van der Waals surface area contributed by atoms with Gasteiger partial charge in [0, 0.05) is 31.4 Å². The number of rotatable bonds is 6. The molecule has 0 unspecified atom stereocenters. The van der Waals surface area contributed by atoms with Crippen molar-refractivity contribution in [1.29, 1.82) is 0 Å². The Bertz CT molecular complexity index is 988. The summed E-state index contributed by atoms with van der Waals surface area (Å²) in [7, 11) is 1.79. The van der Waals surface area contributed by atoms with Gasteiger partial charge in [-0.15, -0.1) is 0 Å². The number of halogens is 1. The third-order valence-electron chi connectivity index (χ3n) is 3.79. The van der Waals surface area contributed by atoms with Gasteiger partial charge in [-0.3, -0.25) is 9.48 Å². The Kier molecular flexibility index (Phi) is 6.23. The van der Waals surface area contributed by atoms with Gasteiger partial charge in [0.15, 0.2) is 5.82 Å². The van der Waals surface area contributed by atoms with E-state index in [0.717, 1.165) is 5.56 Å². The van der Waals surface area contributed by atoms with Gasteiger partial charge in [0.2, 0.25) is 0 Å². The van der Waals surface area contributed by atoms with Crippen LogP contribution in [-0.4, -0.2) is 39.8 Å². The molecule has 0 saturated carbocycles. The molecule has 144 valence electrons. The van der Waals surface area contributed by atoms with Crippen LogP contribution in [0.2, 0.25) is 5.02 Å². The molecule has 9 heteroatoms. The molecule has 0 aliphatic rings. The number of carbonyl (C=O) groups is 2. The topological polar surface area (TPSA) is 101 Å². The monoisotopic (exact) mass is 398 g/mol. The largest absolute Gasteiger partial charge is 0.350 e. The van der Waals surface area contributed by atoms with Gasteiger partial charge in [0.25, 0.3) is 5.91 Å². The molecule has 3 aromatic rings. The third kappa shape index (κ3) is 5.08. The first-order valence-corrected chi connectivity index (χ1v) is 8.94. The van der Waals surface area contributed by atoms with Gasteiger partial charge in [-0.2, -0.15) is 5.10 Å². The Morgan fingerprint density at radius 3 is 2.61 bits per heavy atom. The molecule has 0 atom stereocenters. The molecule has 3 N–H and O–H groups in total. The van der Waals surface area contributed by atoms with E-state index in [2.05, 4.69) is 26.0 Å². The van der Waals surface area contributed by atoms with Crippen LogP contribution in [0.25, 0.3) is 11.4 Å². The van der Waals surface area contributed by atoms with E-state index in [1.807, 2.05) is 12.1 Å². The highest BCUT2D eigenvalue weighted by molar-refractivity contribution is 6.33. The van der Waals surface area contributed by atoms with Crippen LogP contribution in [0.3, 0.4) is 0 Å². The number of nitrogens with one attached hydrogen (secondary N) is 3. The molecule has 1 aromatic heterocycles. The Balaban J connectivity index is 1.46. The maximum Gasteiger partial charge on any atom is 0.319 e. The molecule has 28 heavy (non-hydrogen) atoms. The number of aryl methyl sites for hydroxylation is 1. The molecule has 3 rings (SSSR count). The molecular weight excluding hydrogens is 380 g/mol. The van der Waals surface area contributed by atoms with Gasteiger partial charge in [-0.25, -0.2) is 9.78 Å². The van der Waals surface area contributed by atoms with Gasteiger partial charge >= 0.3 is 6.03 Å². The van der Waals surface area contributed by atoms with E-state index in [0.29, 0.717) is 22.1 Å². The van der Waals surface area contributed by atoms with Crippen LogP contribution in [0.15, 0.2) is 54.9 Å². The number of urea groups is 1. The van der Waals surface area contributed by atoms with E-state index in [1.165, 1.54) is 0 Å². The summed E-state index contributed by atoms with van der Waals surface area (Å²) in [6.45, 7) is 0.541. The van der Waals surface area contributed by atoms with E-state index in [4.69, 9.17) is 11.6 Å². The second-order valence-electron chi connectivity index (χ2n) is 5.94. The molecule has 1 heterocycles. The van der Waals surface area contributed by atoms with Crippen LogP contribution in [0.1, 0.15) is 10.4 Å². The smallest absolute Gasteiger partial charge is 0.319 e. The Hall–Kier alpha value is -3.39. The molecule has 2 aromatic carbocycles. The molecule has 3 amide bonds. The molecule has 0 fully saturated rings. The van der Waals surface area contributed by atoms with Gasteiger partial charge in [-0.1, -0.05) is 35.9 Å². The standard InChI is InChI=1S/C19H19ClN6O2/c1-26-12-23-17(25-26)13-5-4-6-14(11-13)24-19(28)22-10-9-21-18(27)15-7-2-3-8-16(15)20/h2-8,11-12H,9-10H2,1H3,(H,21,27)(H2,22,24,28). The molecule has 0 saturated heterocycles. The number of benzene rings is 2. The number of amides is 3. The fourth-order valence-corrected chi connectivity index (χ4v) is 2.70. The quantitative estimate of drug-likeness (QED) is 0.555. The average Bonchev–Trinajstić information content (AvgIpc) is 3.12. The minimum absolute atomic E-state index is 0.267. The molecule has 0 spiro atoms. The third-order valence-corrected chi connectivity index (χ3v) is 4.12. The minimum Gasteiger partial charge on any atom is -0.350 e. The lowest BCUT2D eigenvalue weighted by molar-refractivity contribution is 0.0954. The van der Waals surface area contributed by atoms with Crippen molar-refractivity contribution in [2.45, 2.75) is 0 Å². The first kappa shape index (κ1) is 19.4. The van der Waals surface area contributed by atoms with Gasteiger partial charge < -0.3 is 16.0 Å². The van der Waals surface area contributed by atoms with E-state index >= 15 is 0 Å². The molecule has 0 aliphatic heterocycles. The summed E-state index contributed by atoms with van der Waals surface area (Å²) < 4.78 is 1.61. The maximum absolute atomic E-state index is 12.0. The zero-order valence-electron chi connectivity index (χ0n) is 15.1. The van der Waals surface area contributed by atoms with Gasteiger partial charge in [0.1, 0.15) is 6.33 Å². The van der Waals surface area contributed by atoms with Crippen molar-refractivity contribution in [1.82, 2.24) is 25.4 Å². The van der Waals surface area contributed by atoms with Crippen LogP contribution in [0.5, 0.6) is 0 Å². The Morgan fingerprint density at radius 2 is 1.86 bits per heavy atom. The fourth-order valence-electron chi connectivity index (χ4n) is 2.48. The van der Waals surface area contributed by atoms with Crippen molar-refractivity contribution in [2.75, 3.05) is 18.4 Å². The first-order valence-electron chi connectivity index (χ1n) is 8.56. The summed E-state index contributed by atoms with van der Waals surface area (Å²) in [5.41, 5.74) is 1.81. The molecule has 8 nitrogen and oxygen atoms in total. The number of carbonyl (C=O) groups excluding carboxylic acids is 2. The molecule has 0 radical (unpaired) electrons. The van der Waals surface area contributed by atoms with Gasteiger partial charge in [0.05, 0.1) is 10.6 Å². The Labute approximate surface area is 166 Å². The lowest BCUT2D eigenvalue weighted by Gasteiger charge is -2.10. The highest BCUT2D eigenvalue weighted by atomic mass is 35.5. The summed E-state index contributed by atoms with van der Waals surface area (Å²) >= 11 is 5.98. The van der Waals surface area contributed by atoms with Crippen LogP contribution >= 0.6 is 11.6 Å². The second-order valence-corrected chi connectivity index (χ2v) is 6.35. The normalized spacial score (nSPS) is 10.4. The van der Waals surface area contributed by atoms with Crippen molar-refractivity contribution in [3.05, 3.63) is 65.4 Å². The summed E-state index contributed by atoms with van der Waals surface area (Å²) in [6, 6.07) is 13.6. The summed E-state index contributed by atoms with van der Waals surface area (Å²) in [4.78, 5) is 28.3. The average molecular weight is 399 g/mol. The Morgan fingerprint density at radius 1 is 1.07 bits per heavy atom. The number of hydrogen-bond acceptors (Lipinski definition) is 4. The van der Waals surface area contributed by atoms with Crippen molar-refractivity contribution < 1.29 is 9.59 Å². The number of anilines is 1. The number of hydrogen-bond donors (Lipinski definition) is 3. The zero-order chi connectivity index (χ0) is 19.9. The zero-order valence-corrected chi connectivity index (χ0v) is 15.9. The number of aromatic nitrogens is 3. The van der Waals surface area contributed by atoms with Gasteiger partial charge in [-0.05, 0) is 24.3 Å². The molecule has 0 aliphatic carbocycles. The highest BCUT2D eigenvalue weighted by Crippen LogP contribution is 2.18. The van der Waals surface area contributed by atoms with Crippen LogP contribution in [-0.2, 0) is 7.05 Å². The fraction of sp³-hybridized carbons (Fsp3) is 0.158. The van der Waals surface area contributed by atoms with E-state index in [1.54, 1.807) is 54.5 Å². The summed E-state index contributed by atoms with van der Waals surface area (Å²) in [6.07, 6.45) is 1.61. The van der Waals surface area contributed by atoms with Crippen LogP contribution in [0.4, 0.5) is 10.5 Å². The first-order chi connectivity index (χ1) is 13.5. The van der Waals surface area contributed by atoms with E-state index in [9.17, 15) is 9.59 Å². The van der Waals surface area contributed by atoms with Crippen LogP contribution in [0, 0.1) is 0 Å². The lowest BCUT2D eigenvalue weighted by Crippen LogP contribution is -2.36. The highest BCUT2D eigenvalue weighted by Gasteiger charge is 2.09. The lowest BCUT2D eigenvalue weighted by atomic mass is 10.2. The minimum atomic E-state index is -0.377. The van der Waals surface area contributed by atoms with Crippen LogP contribution < -0.4 is 16.0 Å². The van der Waals surface area contributed by atoms with Crippen molar-refractivity contribution in [3.63, 3.8) is 0 Å². The summed E-state index contributed by atoms with van der Waals surface area (Å²) in [5, 5.41) is 12.8. The van der Waals surface area contributed by atoms with E-state index in [-0.39, 0.29) is 25.0 Å². The summed E-state index contributed by atoms with van der Waals surface area (Å²) in [5.74, 6) is 0.289. The molecule has 0 bridgehead atoms. The van der Waals surface area contributed by atoms with E-state index < -0.39 is 0 Å². The molecular formula is C19H19ClN6O2. The SMILES string of the molecule is Cn1cnc(-c2cccc(NC(=O)NCCNC(=O)c3ccccc3Cl)c2)n1. The second kappa shape index (κ2) is 9.01. The van der Waals surface area contributed by atoms with Crippen molar-refractivity contribution >= 4 is 29.2 Å². The predicted molar refractivity (Wildman–Crippen MR) is 107 cm³/mol. The predicted octanol–water partition coefficient (Wildman–Crippen LogP) is 2.69. The number of nitrogens with zero attached hydrogens (tertiary/aromatic N) is 3. The van der Waals surface area contributed by atoms with Crippen molar-refractivity contribution in [2.24, 2.45) is 7.05 Å². The van der Waals surface area contributed by atoms with Crippen molar-refractivity contribution in [3.8, 4) is 11.4 Å².